The molecule has 8 nitrogen and oxygen atoms in total. The summed E-state index contributed by atoms with van der Waals surface area (Å²) in [6.45, 7) is 11.4. The number of anilines is 2. The molecule has 0 saturated heterocycles. The van der Waals surface area contributed by atoms with Gasteiger partial charge in [-0.15, -0.1) is 0 Å². The fourth-order valence-corrected chi connectivity index (χ4v) is 4.54. The van der Waals surface area contributed by atoms with E-state index < -0.39 is 0 Å². The molecule has 0 unspecified atom stereocenters. The average molecular weight is 519 g/mol. The van der Waals surface area contributed by atoms with Crippen LogP contribution in [-0.4, -0.2) is 38.9 Å². The standard InChI is InChI=1S/C28H34N6O2S/c1-17-8-10-22(11-9-17)15-33-20(4)26(18(2)31-33)29-28(37)30-27-19(3)32-34(21(27)5)16-23-12-13-24(35-6)25(14-23)36-7/h8-14H,15-16H2,1-7H3,(H2,29,30,37). The maximum Gasteiger partial charge on any atom is 0.175 e. The number of methoxy groups -OCH3 is 2. The second kappa shape index (κ2) is 11.0. The summed E-state index contributed by atoms with van der Waals surface area (Å²) in [7, 11) is 3.27. The van der Waals surface area contributed by atoms with Gasteiger partial charge in [-0.1, -0.05) is 35.9 Å². The van der Waals surface area contributed by atoms with Gasteiger partial charge in [0, 0.05) is 0 Å². The first-order valence-corrected chi connectivity index (χ1v) is 12.5. The highest BCUT2D eigenvalue weighted by Gasteiger charge is 2.17. The molecule has 4 rings (SSSR count). The van der Waals surface area contributed by atoms with E-state index in [0.717, 1.165) is 39.7 Å². The topological polar surface area (TPSA) is 78.2 Å². The Morgan fingerprint density at radius 2 is 1.22 bits per heavy atom. The van der Waals surface area contributed by atoms with E-state index in [1.54, 1.807) is 14.2 Å². The van der Waals surface area contributed by atoms with Crippen molar-refractivity contribution in [1.82, 2.24) is 19.6 Å². The third-order valence-electron chi connectivity index (χ3n) is 6.47. The zero-order chi connectivity index (χ0) is 26.7. The Morgan fingerprint density at radius 3 is 1.73 bits per heavy atom. The van der Waals surface area contributed by atoms with E-state index in [4.69, 9.17) is 31.9 Å². The zero-order valence-corrected chi connectivity index (χ0v) is 23.3. The maximum atomic E-state index is 5.68. The molecule has 0 aliphatic heterocycles. The predicted octanol–water partition coefficient (Wildman–Crippen LogP) is 5.54. The van der Waals surface area contributed by atoms with Crippen molar-refractivity contribution < 1.29 is 9.47 Å². The minimum atomic E-state index is 0.498. The number of nitrogens with zero attached hydrogens (tertiary/aromatic N) is 4. The van der Waals surface area contributed by atoms with Crippen LogP contribution in [0.5, 0.6) is 11.5 Å². The number of aryl methyl sites for hydroxylation is 3. The van der Waals surface area contributed by atoms with Crippen LogP contribution in [0.1, 0.15) is 39.5 Å². The highest BCUT2D eigenvalue weighted by Crippen LogP contribution is 2.29. The maximum absolute atomic E-state index is 5.68. The summed E-state index contributed by atoms with van der Waals surface area (Å²) in [5.41, 5.74) is 9.09. The van der Waals surface area contributed by atoms with Gasteiger partial charge in [-0.25, -0.2) is 0 Å². The molecule has 0 amide bonds. The first kappa shape index (κ1) is 26.2. The Kier molecular flexibility index (Phi) is 7.83. The molecule has 0 atom stereocenters. The summed E-state index contributed by atoms with van der Waals surface area (Å²) >= 11 is 5.68. The van der Waals surface area contributed by atoms with Gasteiger partial charge in [-0.2, -0.15) is 10.2 Å². The van der Waals surface area contributed by atoms with Crippen molar-refractivity contribution >= 4 is 28.7 Å². The molecule has 0 radical (unpaired) electrons. The highest BCUT2D eigenvalue weighted by atomic mass is 32.1. The minimum Gasteiger partial charge on any atom is -0.493 e. The van der Waals surface area contributed by atoms with Crippen LogP contribution in [0.25, 0.3) is 0 Å². The molecule has 9 heteroatoms. The van der Waals surface area contributed by atoms with Crippen LogP contribution in [0.4, 0.5) is 11.4 Å². The van der Waals surface area contributed by atoms with Gasteiger partial charge in [0.25, 0.3) is 0 Å². The van der Waals surface area contributed by atoms with Gasteiger partial charge in [0.1, 0.15) is 0 Å². The summed E-state index contributed by atoms with van der Waals surface area (Å²) in [4.78, 5) is 0. The number of benzene rings is 2. The third-order valence-corrected chi connectivity index (χ3v) is 6.68. The van der Waals surface area contributed by atoms with Gasteiger partial charge in [0.2, 0.25) is 0 Å². The third kappa shape index (κ3) is 5.77. The molecule has 0 bridgehead atoms. The van der Waals surface area contributed by atoms with Crippen molar-refractivity contribution in [2.45, 2.75) is 47.7 Å². The number of nitrogens with one attached hydrogen (secondary N) is 2. The van der Waals surface area contributed by atoms with E-state index in [1.165, 1.54) is 11.1 Å². The lowest BCUT2D eigenvalue weighted by Crippen LogP contribution is -2.21. The predicted molar refractivity (Wildman–Crippen MR) is 152 cm³/mol. The number of hydrogen-bond acceptors (Lipinski definition) is 5. The molecule has 4 aromatic rings. The van der Waals surface area contributed by atoms with Gasteiger partial charge in [0.15, 0.2) is 16.6 Å². The largest absolute Gasteiger partial charge is 0.493 e. The molecule has 37 heavy (non-hydrogen) atoms. The molecule has 2 aromatic carbocycles. The average Bonchev–Trinajstić information content (AvgIpc) is 3.29. The van der Waals surface area contributed by atoms with Crippen LogP contribution in [0.2, 0.25) is 0 Å². The summed E-state index contributed by atoms with van der Waals surface area (Å²) < 4.78 is 14.7. The summed E-state index contributed by atoms with van der Waals surface area (Å²) in [5.74, 6) is 1.39. The molecule has 0 fully saturated rings. The van der Waals surface area contributed by atoms with Crippen LogP contribution < -0.4 is 20.1 Å². The fourth-order valence-electron chi connectivity index (χ4n) is 4.34. The number of rotatable bonds is 8. The van der Waals surface area contributed by atoms with E-state index in [0.29, 0.717) is 29.7 Å². The first-order valence-electron chi connectivity index (χ1n) is 12.1. The summed E-state index contributed by atoms with van der Waals surface area (Å²) in [6.07, 6.45) is 0. The zero-order valence-electron chi connectivity index (χ0n) is 22.5. The van der Waals surface area contributed by atoms with E-state index in [9.17, 15) is 0 Å². The van der Waals surface area contributed by atoms with Gasteiger partial charge in [0.05, 0.1) is 61.5 Å². The van der Waals surface area contributed by atoms with E-state index in [1.807, 2.05) is 48.3 Å². The number of hydrogen-bond donors (Lipinski definition) is 2. The molecular weight excluding hydrogens is 484 g/mol. The van der Waals surface area contributed by atoms with Gasteiger partial charge < -0.3 is 20.1 Å². The summed E-state index contributed by atoms with van der Waals surface area (Å²) in [6, 6.07) is 14.4. The lowest BCUT2D eigenvalue weighted by atomic mass is 10.1. The Balaban J connectivity index is 1.47. The van der Waals surface area contributed by atoms with Crippen molar-refractivity contribution in [2.24, 2.45) is 0 Å². The van der Waals surface area contributed by atoms with Gasteiger partial charge >= 0.3 is 0 Å². The van der Waals surface area contributed by atoms with Crippen LogP contribution in [0, 0.1) is 34.6 Å². The number of ether oxygens (including phenoxy) is 2. The quantitative estimate of drug-likeness (QED) is 0.296. The van der Waals surface area contributed by atoms with Crippen molar-refractivity contribution in [3.8, 4) is 11.5 Å². The Bertz CT molecular complexity index is 1420. The number of aromatic nitrogens is 4. The molecule has 0 aliphatic rings. The fraction of sp³-hybridized carbons (Fsp3) is 0.321. The normalized spacial score (nSPS) is 10.9. The van der Waals surface area contributed by atoms with Crippen molar-refractivity contribution in [3.63, 3.8) is 0 Å². The SMILES string of the molecule is COc1ccc(Cn2nc(C)c(NC(=S)Nc3c(C)nn(Cc4ccc(C)cc4)c3C)c2C)cc1OC. The molecule has 2 N–H and O–H groups in total. The second-order valence-corrected chi connectivity index (χ2v) is 9.57. The second-order valence-electron chi connectivity index (χ2n) is 9.16. The van der Waals surface area contributed by atoms with E-state index in [-0.39, 0.29) is 0 Å². The minimum absolute atomic E-state index is 0.498. The monoisotopic (exact) mass is 518 g/mol. The van der Waals surface area contributed by atoms with Gasteiger partial charge in [-0.3, -0.25) is 9.36 Å². The molecular formula is C28H34N6O2S. The molecule has 0 saturated carbocycles. The van der Waals surface area contributed by atoms with Crippen LogP contribution in [-0.2, 0) is 13.1 Å². The lowest BCUT2D eigenvalue weighted by molar-refractivity contribution is 0.354. The molecule has 2 aromatic heterocycles. The molecule has 2 heterocycles. The van der Waals surface area contributed by atoms with E-state index in [2.05, 4.69) is 48.7 Å². The van der Waals surface area contributed by atoms with Crippen molar-refractivity contribution in [2.75, 3.05) is 24.9 Å². The molecule has 0 spiro atoms. The Hall–Kier alpha value is -3.85. The van der Waals surface area contributed by atoms with Crippen molar-refractivity contribution in [3.05, 3.63) is 81.9 Å². The van der Waals surface area contributed by atoms with Crippen molar-refractivity contribution in [1.29, 1.82) is 0 Å². The van der Waals surface area contributed by atoms with Crippen LogP contribution >= 0.6 is 12.2 Å². The molecule has 0 aliphatic carbocycles. The van der Waals surface area contributed by atoms with Gasteiger partial charge in [-0.05, 0) is 70.1 Å². The Morgan fingerprint density at radius 1 is 0.730 bits per heavy atom. The smallest absolute Gasteiger partial charge is 0.175 e. The Labute approximate surface area is 223 Å². The first-order chi connectivity index (χ1) is 17.7. The summed E-state index contributed by atoms with van der Waals surface area (Å²) in [5, 5.41) is 16.7. The molecule has 194 valence electrons. The lowest BCUT2D eigenvalue weighted by Gasteiger charge is -2.13. The number of thiocarbonyl (C=S) groups is 1. The van der Waals surface area contributed by atoms with Crippen LogP contribution in [0.15, 0.2) is 42.5 Å². The van der Waals surface area contributed by atoms with Crippen LogP contribution in [0.3, 0.4) is 0 Å². The van der Waals surface area contributed by atoms with E-state index >= 15 is 0 Å². The highest BCUT2D eigenvalue weighted by molar-refractivity contribution is 7.80.